The number of allylic oxidation sites excluding steroid dienone is 2. The molecule has 18 heavy (non-hydrogen) atoms. The third kappa shape index (κ3) is 3.04. The molecule has 0 saturated heterocycles. The van der Waals surface area contributed by atoms with E-state index in [1.54, 1.807) is 11.1 Å². The molecule has 0 saturated carbocycles. The van der Waals surface area contributed by atoms with Crippen LogP contribution in [0.2, 0.25) is 0 Å². The maximum atomic E-state index is 2.33. The summed E-state index contributed by atoms with van der Waals surface area (Å²) in [6, 6.07) is 8.92. The van der Waals surface area contributed by atoms with E-state index in [1.165, 1.54) is 24.0 Å². The van der Waals surface area contributed by atoms with E-state index >= 15 is 0 Å². The Balaban J connectivity index is 0.000000771. The van der Waals surface area contributed by atoms with Gasteiger partial charge < -0.3 is 0 Å². The molecule has 0 nitrogen and oxygen atoms in total. The number of hydrogen-bond donors (Lipinski definition) is 0. The minimum absolute atomic E-state index is 0.638. The highest BCUT2D eigenvalue weighted by Gasteiger charge is 2.21. The summed E-state index contributed by atoms with van der Waals surface area (Å²) < 4.78 is 0. The van der Waals surface area contributed by atoms with Crippen LogP contribution in [0.4, 0.5) is 0 Å². The van der Waals surface area contributed by atoms with E-state index in [0.29, 0.717) is 11.8 Å². The standard InChI is InChI=1S/C16H22.C2H6/c1-11(2)14-10-9-13-7-5-6-8-15(13)16(14)12(3)4;1-2/h5-8,11-12H,9-10H2,1-4H3;1-2H3. The predicted molar refractivity (Wildman–Crippen MR) is 82.7 cm³/mol. The zero-order valence-corrected chi connectivity index (χ0v) is 12.9. The lowest BCUT2D eigenvalue weighted by atomic mass is 9.77. The lowest BCUT2D eigenvalue weighted by Crippen LogP contribution is -2.12. The first-order valence-electron chi connectivity index (χ1n) is 7.42. The Morgan fingerprint density at radius 3 is 2.00 bits per heavy atom. The van der Waals surface area contributed by atoms with Crippen LogP contribution in [0.3, 0.4) is 0 Å². The van der Waals surface area contributed by atoms with E-state index in [0.717, 1.165) is 0 Å². The molecule has 0 bridgehead atoms. The molecule has 1 aromatic rings. The smallest absolute Gasteiger partial charge is 0.0190 e. The van der Waals surface area contributed by atoms with Crippen LogP contribution in [0.15, 0.2) is 29.8 Å². The van der Waals surface area contributed by atoms with Gasteiger partial charge in [-0.05, 0) is 41.4 Å². The number of hydrogen-bond acceptors (Lipinski definition) is 0. The molecule has 0 unspecified atom stereocenters. The number of rotatable bonds is 2. The van der Waals surface area contributed by atoms with Gasteiger partial charge in [0.1, 0.15) is 0 Å². The Hall–Kier alpha value is -1.04. The van der Waals surface area contributed by atoms with Gasteiger partial charge in [0.2, 0.25) is 0 Å². The van der Waals surface area contributed by atoms with Gasteiger partial charge in [0.15, 0.2) is 0 Å². The van der Waals surface area contributed by atoms with Gasteiger partial charge in [-0.25, -0.2) is 0 Å². The van der Waals surface area contributed by atoms with Crippen molar-refractivity contribution in [1.29, 1.82) is 0 Å². The fourth-order valence-corrected chi connectivity index (χ4v) is 2.86. The number of benzene rings is 1. The minimum atomic E-state index is 0.638. The minimum Gasteiger partial charge on any atom is -0.0683 e. The molecule has 0 amide bonds. The average Bonchev–Trinajstić information content (AvgIpc) is 2.39. The maximum absolute atomic E-state index is 2.33. The van der Waals surface area contributed by atoms with Crippen LogP contribution in [0.25, 0.3) is 5.57 Å². The van der Waals surface area contributed by atoms with Gasteiger partial charge in [-0.2, -0.15) is 0 Å². The van der Waals surface area contributed by atoms with Crippen molar-refractivity contribution < 1.29 is 0 Å². The second kappa shape index (κ2) is 6.78. The highest BCUT2D eigenvalue weighted by Crippen LogP contribution is 2.38. The first-order chi connectivity index (χ1) is 8.61. The molecular weight excluding hydrogens is 216 g/mol. The molecule has 1 aliphatic carbocycles. The van der Waals surface area contributed by atoms with Gasteiger partial charge in [-0.15, -0.1) is 0 Å². The zero-order chi connectivity index (χ0) is 13.7. The van der Waals surface area contributed by atoms with E-state index in [-0.39, 0.29) is 0 Å². The largest absolute Gasteiger partial charge is 0.0683 e. The summed E-state index contributed by atoms with van der Waals surface area (Å²) in [5.74, 6) is 1.32. The molecule has 100 valence electrons. The van der Waals surface area contributed by atoms with Crippen molar-refractivity contribution in [3.63, 3.8) is 0 Å². The fraction of sp³-hybridized carbons (Fsp3) is 0.556. The van der Waals surface area contributed by atoms with Crippen molar-refractivity contribution in [2.24, 2.45) is 11.8 Å². The zero-order valence-electron chi connectivity index (χ0n) is 12.9. The van der Waals surface area contributed by atoms with E-state index in [9.17, 15) is 0 Å². The van der Waals surface area contributed by atoms with Gasteiger partial charge in [0.25, 0.3) is 0 Å². The molecular formula is C18H28. The molecule has 0 heterocycles. The SMILES string of the molecule is CC.CC(C)C1=C(C(C)C)c2ccccc2CC1. The van der Waals surface area contributed by atoms with Crippen LogP contribution in [0.5, 0.6) is 0 Å². The van der Waals surface area contributed by atoms with Crippen molar-refractivity contribution in [1.82, 2.24) is 0 Å². The van der Waals surface area contributed by atoms with Gasteiger partial charge in [-0.1, -0.05) is 71.4 Å². The van der Waals surface area contributed by atoms with Crippen molar-refractivity contribution in [3.05, 3.63) is 41.0 Å². The Morgan fingerprint density at radius 1 is 0.833 bits per heavy atom. The van der Waals surface area contributed by atoms with Gasteiger partial charge in [0, 0.05) is 0 Å². The normalized spacial score (nSPS) is 14.4. The first-order valence-corrected chi connectivity index (χ1v) is 7.42. The van der Waals surface area contributed by atoms with Crippen LogP contribution in [0, 0.1) is 11.8 Å². The summed E-state index contributed by atoms with van der Waals surface area (Å²) in [7, 11) is 0. The molecule has 1 aromatic carbocycles. The Labute approximate surface area is 113 Å². The molecule has 2 rings (SSSR count). The highest BCUT2D eigenvalue weighted by atomic mass is 14.3. The number of fused-ring (bicyclic) bond motifs is 1. The monoisotopic (exact) mass is 244 g/mol. The summed E-state index contributed by atoms with van der Waals surface area (Å²) in [6.07, 6.45) is 2.47. The average molecular weight is 244 g/mol. The summed E-state index contributed by atoms with van der Waals surface area (Å²) in [5.41, 5.74) is 6.33. The summed E-state index contributed by atoms with van der Waals surface area (Å²) in [6.45, 7) is 13.3. The van der Waals surface area contributed by atoms with E-state index in [2.05, 4.69) is 52.0 Å². The second-order valence-corrected chi connectivity index (χ2v) is 5.41. The fourth-order valence-electron chi connectivity index (χ4n) is 2.86. The molecule has 0 N–H and O–H groups in total. The molecule has 0 fully saturated rings. The first kappa shape index (κ1) is 15.0. The number of aryl methyl sites for hydroxylation is 1. The molecule has 0 aliphatic heterocycles. The maximum Gasteiger partial charge on any atom is -0.0190 e. The topological polar surface area (TPSA) is 0 Å². The molecule has 0 spiro atoms. The molecule has 0 heteroatoms. The third-order valence-electron chi connectivity index (χ3n) is 3.59. The van der Waals surface area contributed by atoms with Gasteiger partial charge >= 0.3 is 0 Å². The van der Waals surface area contributed by atoms with Gasteiger partial charge in [-0.3, -0.25) is 0 Å². The highest BCUT2D eigenvalue weighted by molar-refractivity contribution is 5.74. The van der Waals surface area contributed by atoms with Crippen molar-refractivity contribution in [3.8, 4) is 0 Å². The Morgan fingerprint density at radius 2 is 1.44 bits per heavy atom. The Kier molecular flexibility index (Phi) is 5.65. The van der Waals surface area contributed by atoms with Crippen molar-refractivity contribution in [2.45, 2.75) is 54.4 Å². The van der Waals surface area contributed by atoms with Crippen LogP contribution >= 0.6 is 0 Å². The van der Waals surface area contributed by atoms with Crippen LogP contribution < -0.4 is 0 Å². The molecule has 0 atom stereocenters. The molecule has 0 aromatic heterocycles. The van der Waals surface area contributed by atoms with E-state index in [1.807, 2.05) is 13.8 Å². The summed E-state index contributed by atoms with van der Waals surface area (Å²) in [5, 5.41) is 0. The van der Waals surface area contributed by atoms with Crippen LogP contribution in [-0.4, -0.2) is 0 Å². The second-order valence-electron chi connectivity index (χ2n) is 5.41. The summed E-state index contributed by atoms with van der Waals surface area (Å²) >= 11 is 0. The summed E-state index contributed by atoms with van der Waals surface area (Å²) in [4.78, 5) is 0. The third-order valence-corrected chi connectivity index (χ3v) is 3.59. The van der Waals surface area contributed by atoms with Crippen LogP contribution in [-0.2, 0) is 6.42 Å². The van der Waals surface area contributed by atoms with E-state index < -0.39 is 0 Å². The lowest BCUT2D eigenvalue weighted by Gasteiger charge is -2.28. The molecule has 1 aliphatic rings. The van der Waals surface area contributed by atoms with E-state index in [4.69, 9.17) is 0 Å². The quantitative estimate of drug-likeness (QED) is 0.623. The van der Waals surface area contributed by atoms with Crippen molar-refractivity contribution >= 4 is 5.57 Å². The lowest BCUT2D eigenvalue weighted by molar-refractivity contribution is 0.681. The van der Waals surface area contributed by atoms with Crippen LogP contribution in [0.1, 0.15) is 59.1 Å². The predicted octanol–water partition coefficient (Wildman–Crippen LogP) is 5.72. The Bertz CT molecular complexity index is 408. The van der Waals surface area contributed by atoms with Crippen molar-refractivity contribution in [2.75, 3.05) is 0 Å². The molecule has 0 radical (unpaired) electrons. The van der Waals surface area contributed by atoms with Gasteiger partial charge in [0.05, 0.1) is 0 Å².